The maximum absolute atomic E-state index is 13.6. The highest BCUT2D eigenvalue weighted by Gasteiger charge is 2.12. The molecule has 0 N–H and O–H groups in total. The zero-order valence-corrected chi connectivity index (χ0v) is 12.4. The van der Waals surface area contributed by atoms with Crippen LogP contribution in [-0.4, -0.2) is 26.1 Å². The lowest BCUT2D eigenvalue weighted by Crippen LogP contribution is -2.25. The van der Waals surface area contributed by atoms with Gasteiger partial charge in [0.25, 0.3) is 0 Å². The second-order valence-corrected chi connectivity index (χ2v) is 4.49. The van der Waals surface area contributed by atoms with Crippen molar-refractivity contribution in [1.82, 2.24) is 0 Å². The van der Waals surface area contributed by atoms with Crippen LogP contribution >= 0.6 is 15.9 Å². The Labute approximate surface area is 115 Å². The van der Waals surface area contributed by atoms with E-state index < -0.39 is 6.29 Å². The highest BCUT2D eigenvalue weighted by Crippen LogP contribution is 2.26. The van der Waals surface area contributed by atoms with E-state index in [1.54, 1.807) is 19.1 Å². The molecule has 0 radical (unpaired) electrons. The quantitative estimate of drug-likeness (QED) is 0.717. The molecule has 0 heterocycles. The molecule has 0 aliphatic rings. The Bertz CT molecular complexity index is 379. The van der Waals surface area contributed by atoms with E-state index in [-0.39, 0.29) is 12.4 Å². The second-order valence-electron chi connectivity index (χ2n) is 3.64. The van der Waals surface area contributed by atoms with Gasteiger partial charge in [0.05, 0.1) is 4.47 Å². The monoisotopic (exact) mass is 320 g/mol. The number of ether oxygens (including phenoxy) is 3. The molecule has 0 aromatic heterocycles. The highest BCUT2D eigenvalue weighted by atomic mass is 79.9. The summed E-state index contributed by atoms with van der Waals surface area (Å²) in [6.45, 7) is 6.77. The van der Waals surface area contributed by atoms with Gasteiger partial charge in [0.15, 0.2) is 6.29 Å². The van der Waals surface area contributed by atoms with Gasteiger partial charge in [-0.15, -0.1) is 0 Å². The van der Waals surface area contributed by atoms with Crippen molar-refractivity contribution in [3.63, 3.8) is 0 Å². The highest BCUT2D eigenvalue weighted by molar-refractivity contribution is 9.10. The fourth-order valence-corrected chi connectivity index (χ4v) is 1.89. The molecule has 0 aliphatic carbocycles. The number of rotatable bonds is 7. The molecule has 0 saturated carbocycles. The summed E-state index contributed by atoms with van der Waals surface area (Å²) in [6.07, 6.45) is -0.425. The maximum atomic E-state index is 13.6. The van der Waals surface area contributed by atoms with Gasteiger partial charge in [0.1, 0.15) is 18.2 Å². The smallest absolute Gasteiger partial charge is 0.191 e. The minimum absolute atomic E-state index is 0.240. The fourth-order valence-electron chi connectivity index (χ4n) is 1.46. The third-order valence-electron chi connectivity index (χ3n) is 2.37. The number of benzene rings is 1. The van der Waals surface area contributed by atoms with Gasteiger partial charge >= 0.3 is 0 Å². The average molecular weight is 321 g/mol. The summed E-state index contributed by atoms with van der Waals surface area (Å²) in [5.41, 5.74) is 0.469. The maximum Gasteiger partial charge on any atom is 0.191 e. The molecule has 1 aromatic carbocycles. The normalized spacial score (nSPS) is 11.0. The van der Waals surface area contributed by atoms with E-state index in [0.29, 0.717) is 29.0 Å². The third-order valence-corrected chi connectivity index (χ3v) is 2.98. The molecule has 102 valence electrons. The Morgan fingerprint density at radius 1 is 1.22 bits per heavy atom. The Kier molecular flexibility index (Phi) is 6.60. The molecule has 0 fully saturated rings. The van der Waals surface area contributed by atoms with Crippen LogP contribution in [-0.2, 0) is 9.47 Å². The largest absolute Gasteiger partial charge is 0.488 e. The molecular formula is C13H18BrFO3. The molecule has 0 aliphatic heterocycles. The van der Waals surface area contributed by atoms with Crippen LogP contribution < -0.4 is 4.74 Å². The molecular weight excluding hydrogens is 303 g/mol. The summed E-state index contributed by atoms with van der Waals surface area (Å²) in [7, 11) is 0. The van der Waals surface area contributed by atoms with Crippen molar-refractivity contribution in [1.29, 1.82) is 0 Å². The van der Waals surface area contributed by atoms with Gasteiger partial charge in [0.2, 0.25) is 0 Å². The van der Waals surface area contributed by atoms with Crippen molar-refractivity contribution in [2.45, 2.75) is 27.1 Å². The molecule has 0 atom stereocenters. The summed E-state index contributed by atoms with van der Waals surface area (Å²) in [5.74, 6) is 0.192. The molecule has 0 amide bonds. The Morgan fingerprint density at radius 3 is 2.39 bits per heavy atom. The topological polar surface area (TPSA) is 27.7 Å². The van der Waals surface area contributed by atoms with Crippen molar-refractivity contribution in [3.8, 4) is 5.75 Å². The van der Waals surface area contributed by atoms with Crippen LogP contribution in [0.4, 0.5) is 4.39 Å². The molecule has 1 rings (SSSR count). The minimum Gasteiger partial charge on any atom is -0.488 e. The minimum atomic E-state index is -0.425. The Morgan fingerprint density at radius 2 is 1.83 bits per heavy atom. The number of hydrogen-bond acceptors (Lipinski definition) is 3. The first kappa shape index (κ1) is 15.4. The summed E-state index contributed by atoms with van der Waals surface area (Å²) in [6, 6.07) is 3.34. The molecule has 0 unspecified atom stereocenters. The number of halogens is 2. The van der Waals surface area contributed by atoms with Gasteiger partial charge in [-0.1, -0.05) is 0 Å². The third kappa shape index (κ3) is 4.23. The summed E-state index contributed by atoms with van der Waals surface area (Å²) < 4.78 is 30.3. The zero-order valence-electron chi connectivity index (χ0n) is 10.8. The first-order valence-corrected chi connectivity index (χ1v) is 6.70. The number of hydrogen-bond donors (Lipinski definition) is 0. The molecule has 3 nitrogen and oxygen atoms in total. The van der Waals surface area contributed by atoms with Crippen molar-refractivity contribution in [3.05, 3.63) is 28.0 Å². The van der Waals surface area contributed by atoms with E-state index in [1.165, 1.54) is 0 Å². The summed E-state index contributed by atoms with van der Waals surface area (Å²) in [4.78, 5) is 0. The van der Waals surface area contributed by atoms with E-state index in [4.69, 9.17) is 14.2 Å². The second kappa shape index (κ2) is 7.71. The van der Waals surface area contributed by atoms with Crippen molar-refractivity contribution < 1.29 is 18.6 Å². The first-order chi connectivity index (χ1) is 8.60. The van der Waals surface area contributed by atoms with Gasteiger partial charge in [-0.25, -0.2) is 4.39 Å². The van der Waals surface area contributed by atoms with E-state index in [1.807, 2.05) is 13.8 Å². The van der Waals surface area contributed by atoms with E-state index in [2.05, 4.69) is 15.9 Å². The zero-order chi connectivity index (χ0) is 13.5. The van der Waals surface area contributed by atoms with Crippen LogP contribution in [0.2, 0.25) is 0 Å². The van der Waals surface area contributed by atoms with Crippen LogP contribution in [0, 0.1) is 12.7 Å². The van der Waals surface area contributed by atoms with Gasteiger partial charge in [0, 0.05) is 18.8 Å². The van der Waals surface area contributed by atoms with E-state index in [0.717, 1.165) is 0 Å². The average Bonchev–Trinajstić information content (AvgIpc) is 2.35. The lowest BCUT2D eigenvalue weighted by Gasteiger charge is -2.18. The molecule has 0 bridgehead atoms. The van der Waals surface area contributed by atoms with Crippen LogP contribution in [0.15, 0.2) is 16.6 Å². The molecule has 0 spiro atoms. The lowest BCUT2D eigenvalue weighted by atomic mass is 10.2. The van der Waals surface area contributed by atoms with E-state index >= 15 is 0 Å². The molecule has 18 heavy (non-hydrogen) atoms. The lowest BCUT2D eigenvalue weighted by molar-refractivity contribution is -0.152. The Hall–Kier alpha value is -0.650. The first-order valence-electron chi connectivity index (χ1n) is 5.90. The van der Waals surface area contributed by atoms with Gasteiger partial charge in [-0.2, -0.15) is 0 Å². The van der Waals surface area contributed by atoms with Crippen molar-refractivity contribution >= 4 is 15.9 Å². The van der Waals surface area contributed by atoms with Crippen molar-refractivity contribution in [2.24, 2.45) is 0 Å². The molecule has 1 aromatic rings. The Balaban J connectivity index is 2.64. The van der Waals surface area contributed by atoms with Gasteiger partial charge < -0.3 is 14.2 Å². The van der Waals surface area contributed by atoms with Crippen molar-refractivity contribution in [2.75, 3.05) is 19.8 Å². The van der Waals surface area contributed by atoms with E-state index in [9.17, 15) is 4.39 Å². The van der Waals surface area contributed by atoms with Crippen LogP contribution in [0.3, 0.4) is 0 Å². The molecule has 0 saturated heterocycles. The van der Waals surface area contributed by atoms with Crippen LogP contribution in [0.5, 0.6) is 5.75 Å². The predicted octanol–water partition coefficient (Wildman–Crippen LogP) is 3.67. The predicted molar refractivity (Wildman–Crippen MR) is 71.4 cm³/mol. The SMILES string of the molecule is CCOC(COc1ccc(Br)c(F)c1C)OCC. The summed E-state index contributed by atoms with van der Waals surface area (Å²) in [5, 5.41) is 0. The molecule has 5 heteroatoms. The fraction of sp³-hybridized carbons (Fsp3) is 0.538. The van der Waals surface area contributed by atoms with Crippen LogP contribution in [0.1, 0.15) is 19.4 Å². The van der Waals surface area contributed by atoms with Gasteiger partial charge in [-0.05, 0) is 48.8 Å². The summed E-state index contributed by atoms with van der Waals surface area (Å²) >= 11 is 3.13. The van der Waals surface area contributed by atoms with Gasteiger partial charge in [-0.3, -0.25) is 0 Å². The van der Waals surface area contributed by atoms with Crippen LogP contribution in [0.25, 0.3) is 0 Å². The standard InChI is InChI=1S/C13H18BrFO3/c1-4-16-12(17-5-2)8-18-11-7-6-10(14)13(15)9(11)3/h6-7,12H,4-5,8H2,1-3H3.